The number of anilines is 1. The van der Waals surface area contributed by atoms with E-state index in [2.05, 4.69) is 20.6 Å². The Morgan fingerprint density at radius 1 is 1.23 bits per heavy atom. The van der Waals surface area contributed by atoms with Gasteiger partial charge < -0.3 is 15.0 Å². The summed E-state index contributed by atoms with van der Waals surface area (Å²) < 4.78 is 5.13. The number of methoxy groups -OCH3 is 1. The van der Waals surface area contributed by atoms with Crippen LogP contribution in [-0.4, -0.2) is 34.9 Å². The fraction of sp³-hybridized carbons (Fsp3) is 0.318. The normalized spacial score (nSPS) is 12.9. The lowest BCUT2D eigenvalue weighted by molar-refractivity contribution is -0.127. The molecule has 0 radical (unpaired) electrons. The van der Waals surface area contributed by atoms with Crippen molar-refractivity contribution in [2.45, 2.75) is 32.7 Å². The average Bonchev–Trinajstić information content (AvgIpc) is 3.15. The molecule has 3 N–H and O–H groups in total. The number of para-hydroxylation sites is 2. The van der Waals surface area contributed by atoms with Crippen LogP contribution in [0.25, 0.3) is 11.0 Å². The summed E-state index contributed by atoms with van der Waals surface area (Å²) in [5, 5.41) is 6.06. The highest BCUT2D eigenvalue weighted by Gasteiger charge is 2.27. The van der Waals surface area contributed by atoms with Crippen LogP contribution in [-0.2, 0) is 16.0 Å². The van der Waals surface area contributed by atoms with E-state index in [1.165, 1.54) is 0 Å². The summed E-state index contributed by atoms with van der Waals surface area (Å²) in [6, 6.07) is 11.9. The van der Waals surface area contributed by atoms with Gasteiger partial charge in [0.2, 0.25) is 17.8 Å². The minimum Gasteiger partial charge on any atom is -0.497 e. The zero-order valence-corrected chi connectivity index (χ0v) is 17.9. The van der Waals surface area contributed by atoms with Crippen molar-refractivity contribution in [1.29, 1.82) is 0 Å². The van der Waals surface area contributed by atoms with Gasteiger partial charge >= 0.3 is 0 Å². The summed E-state index contributed by atoms with van der Waals surface area (Å²) in [5.41, 5.74) is 2.24. The number of carbonyl (C=O) groups excluding carboxylic acids is 2. The van der Waals surface area contributed by atoms with Crippen LogP contribution >= 0.6 is 11.6 Å². The molecule has 2 atom stereocenters. The smallest absolute Gasteiger partial charge is 0.249 e. The largest absolute Gasteiger partial charge is 0.497 e. The second-order valence-corrected chi connectivity index (χ2v) is 7.56. The Morgan fingerprint density at radius 3 is 2.67 bits per heavy atom. The number of aromatic amines is 1. The van der Waals surface area contributed by atoms with Gasteiger partial charge in [0.05, 0.1) is 24.6 Å². The molecule has 0 fully saturated rings. The van der Waals surface area contributed by atoms with Crippen molar-refractivity contribution in [3.63, 3.8) is 0 Å². The number of rotatable bonds is 8. The van der Waals surface area contributed by atoms with E-state index in [0.29, 0.717) is 22.3 Å². The zero-order valence-electron chi connectivity index (χ0n) is 17.2. The topological polar surface area (TPSA) is 96.1 Å². The van der Waals surface area contributed by atoms with Crippen molar-refractivity contribution in [2.24, 2.45) is 5.92 Å². The highest BCUT2D eigenvalue weighted by atomic mass is 35.5. The van der Waals surface area contributed by atoms with Crippen molar-refractivity contribution in [3.8, 4) is 5.75 Å². The maximum atomic E-state index is 12.9. The summed E-state index contributed by atoms with van der Waals surface area (Å²) in [4.78, 5) is 33.0. The third kappa shape index (κ3) is 5.10. The highest BCUT2D eigenvalue weighted by molar-refractivity contribution is 6.31. The number of hydrogen-bond acceptors (Lipinski definition) is 4. The molecule has 7 nitrogen and oxygen atoms in total. The van der Waals surface area contributed by atoms with Crippen LogP contribution < -0.4 is 15.4 Å². The number of nitrogens with one attached hydrogen (secondary N) is 3. The number of benzene rings is 2. The molecular weight excluding hydrogens is 404 g/mol. The monoisotopic (exact) mass is 428 g/mol. The van der Waals surface area contributed by atoms with E-state index < -0.39 is 6.04 Å². The summed E-state index contributed by atoms with van der Waals surface area (Å²) >= 11 is 6.24. The average molecular weight is 429 g/mol. The molecule has 30 heavy (non-hydrogen) atoms. The van der Waals surface area contributed by atoms with Crippen LogP contribution in [0.1, 0.15) is 25.8 Å². The van der Waals surface area contributed by atoms with Gasteiger partial charge in [0.25, 0.3) is 0 Å². The third-order valence-electron chi connectivity index (χ3n) is 5.05. The molecule has 1 aromatic heterocycles. The number of carbonyl (C=O) groups is 2. The summed E-state index contributed by atoms with van der Waals surface area (Å²) in [6.07, 6.45) is 0.787. The van der Waals surface area contributed by atoms with E-state index in [-0.39, 0.29) is 24.2 Å². The first-order chi connectivity index (χ1) is 14.4. The molecule has 1 heterocycles. The van der Waals surface area contributed by atoms with Crippen molar-refractivity contribution in [1.82, 2.24) is 15.3 Å². The lowest BCUT2D eigenvalue weighted by atomic mass is 9.98. The van der Waals surface area contributed by atoms with Gasteiger partial charge in [-0.15, -0.1) is 0 Å². The van der Waals surface area contributed by atoms with Crippen molar-refractivity contribution < 1.29 is 14.3 Å². The molecule has 3 aromatic rings. The number of aromatic nitrogens is 2. The molecular formula is C22H25ClN4O3. The fourth-order valence-electron chi connectivity index (χ4n) is 3.10. The predicted molar refractivity (Wildman–Crippen MR) is 118 cm³/mol. The molecule has 0 saturated heterocycles. The number of imidazole rings is 1. The molecule has 3 rings (SSSR count). The lowest BCUT2D eigenvalue weighted by Crippen LogP contribution is -2.48. The Balaban J connectivity index is 1.70. The Bertz CT molecular complexity index is 1020. The first-order valence-corrected chi connectivity index (χ1v) is 10.2. The number of halogens is 1. The first-order valence-electron chi connectivity index (χ1n) is 9.78. The second-order valence-electron chi connectivity index (χ2n) is 7.16. The number of hydrogen-bond donors (Lipinski definition) is 3. The van der Waals surface area contributed by atoms with Crippen molar-refractivity contribution >= 4 is 40.4 Å². The third-order valence-corrected chi connectivity index (χ3v) is 5.41. The standard InChI is InChI=1S/C22H25ClN4O3/c1-4-13(2)20(21(29)27-22-24-17-7-5-6-8-18(17)25-22)26-19(28)11-14-9-10-15(30-3)12-16(14)23/h5-10,12-13,20H,4,11H2,1-3H3,(H,26,28)(H2,24,25,27,29)/t13-,20-/m0/s1. The summed E-state index contributed by atoms with van der Waals surface area (Å²) in [7, 11) is 1.55. The molecule has 0 unspecified atom stereocenters. The van der Waals surface area contributed by atoms with Crippen molar-refractivity contribution in [2.75, 3.05) is 12.4 Å². The van der Waals surface area contributed by atoms with Gasteiger partial charge in [-0.05, 0) is 35.7 Å². The van der Waals surface area contributed by atoms with Crippen LogP contribution in [0.2, 0.25) is 5.02 Å². The van der Waals surface area contributed by atoms with Gasteiger partial charge in [0, 0.05) is 5.02 Å². The molecule has 2 aromatic carbocycles. The first kappa shape index (κ1) is 21.6. The number of fused-ring (bicyclic) bond motifs is 1. The predicted octanol–water partition coefficient (Wildman–Crippen LogP) is 3.94. The Labute approximate surface area is 180 Å². The second kappa shape index (κ2) is 9.63. The Hall–Kier alpha value is -3.06. The SMILES string of the molecule is CC[C@H](C)[C@H](NC(=O)Cc1ccc(OC)cc1Cl)C(=O)Nc1nc2ccccc2[nH]1. The van der Waals surface area contributed by atoms with Gasteiger partial charge in [-0.3, -0.25) is 14.9 Å². The van der Waals surface area contributed by atoms with Gasteiger partial charge in [-0.1, -0.05) is 50.1 Å². The van der Waals surface area contributed by atoms with Gasteiger partial charge in [-0.25, -0.2) is 4.98 Å². The molecule has 0 aliphatic heterocycles. The maximum absolute atomic E-state index is 12.9. The van der Waals surface area contributed by atoms with E-state index in [9.17, 15) is 9.59 Å². The summed E-state index contributed by atoms with van der Waals surface area (Å²) in [5.74, 6) is 0.295. The minimum atomic E-state index is -0.701. The molecule has 0 aliphatic carbocycles. The Morgan fingerprint density at radius 2 is 2.00 bits per heavy atom. The molecule has 158 valence electrons. The van der Waals surface area contributed by atoms with Gasteiger partial charge in [0.15, 0.2) is 0 Å². The van der Waals surface area contributed by atoms with E-state index in [0.717, 1.165) is 17.5 Å². The van der Waals surface area contributed by atoms with Crippen LogP contribution in [0, 0.1) is 5.92 Å². The molecule has 8 heteroatoms. The van der Waals surface area contributed by atoms with Crippen LogP contribution in [0.15, 0.2) is 42.5 Å². The van der Waals surface area contributed by atoms with E-state index in [4.69, 9.17) is 16.3 Å². The highest BCUT2D eigenvalue weighted by Crippen LogP contribution is 2.23. The number of ether oxygens (including phenoxy) is 1. The van der Waals surface area contributed by atoms with Crippen LogP contribution in [0.5, 0.6) is 5.75 Å². The van der Waals surface area contributed by atoms with E-state index in [1.807, 2.05) is 38.1 Å². The van der Waals surface area contributed by atoms with E-state index >= 15 is 0 Å². The molecule has 0 spiro atoms. The van der Waals surface area contributed by atoms with Crippen molar-refractivity contribution in [3.05, 3.63) is 53.1 Å². The number of amides is 2. The van der Waals surface area contributed by atoms with Gasteiger partial charge in [-0.2, -0.15) is 0 Å². The van der Waals surface area contributed by atoms with Crippen LogP contribution in [0.4, 0.5) is 5.95 Å². The van der Waals surface area contributed by atoms with Gasteiger partial charge in [0.1, 0.15) is 11.8 Å². The van der Waals surface area contributed by atoms with Crippen LogP contribution in [0.3, 0.4) is 0 Å². The Kier molecular flexibility index (Phi) is 6.95. The molecule has 2 amide bonds. The fourth-order valence-corrected chi connectivity index (χ4v) is 3.34. The maximum Gasteiger partial charge on any atom is 0.249 e. The molecule has 0 aliphatic rings. The quantitative estimate of drug-likeness (QED) is 0.506. The zero-order chi connectivity index (χ0) is 21.7. The summed E-state index contributed by atoms with van der Waals surface area (Å²) in [6.45, 7) is 3.89. The minimum absolute atomic E-state index is 0.0632. The van der Waals surface area contributed by atoms with E-state index in [1.54, 1.807) is 25.3 Å². The molecule has 0 bridgehead atoms. The lowest BCUT2D eigenvalue weighted by Gasteiger charge is -2.23. The number of nitrogens with zero attached hydrogens (tertiary/aromatic N) is 1. The molecule has 0 saturated carbocycles. The number of H-pyrrole nitrogens is 1.